The van der Waals surface area contributed by atoms with E-state index in [0.717, 1.165) is 69.0 Å². The van der Waals surface area contributed by atoms with Crippen LogP contribution >= 0.6 is 0 Å². The first-order valence-electron chi connectivity index (χ1n) is 10.4. The summed E-state index contributed by atoms with van der Waals surface area (Å²) in [6.45, 7) is 2.69. The molecule has 1 unspecified atom stereocenters. The van der Waals surface area contributed by atoms with E-state index in [4.69, 9.17) is 5.10 Å². The van der Waals surface area contributed by atoms with Gasteiger partial charge in [0.15, 0.2) is 17.3 Å². The third kappa shape index (κ3) is 3.39. The number of hydrogen-bond acceptors (Lipinski definition) is 6. The maximum atomic E-state index is 12.7. The molecule has 9 nitrogen and oxygen atoms in total. The topological polar surface area (TPSA) is 84.5 Å². The van der Waals surface area contributed by atoms with Crippen LogP contribution in [0.25, 0.3) is 11.5 Å². The molecule has 0 radical (unpaired) electrons. The van der Waals surface area contributed by atoms with Gasteiger partial charge in [0.2, 0.25) is 5.91 Å². The lowest BCUT2D eigenvalue weighted by Crippen LogP contribution is -2.49. The number of piperidine rings is 1. The molecule has 0 aliphatic carbocycles. The van der Waals surface area contributed by atoms with E-state index in [-0.39, 0.29) is 11.9 Å². The summed E-state index contributed by atoms with van der Waals surface area (Å²) in [5.41, 5.74) is 0.749. The second-order valence-electron chi connectivity index (χ2n) is 8.05. The SMILES string of the molecule is CN1CCCCC(N2CCC(c3nnc4ccc(-n5cccn5)nn34)CC2)C1=O. The van der Waals surface area contributed by atoms with Gasteiger partial charge in [-0.05, 0) is 63.4 Å². The minimum Gasteiger partial charge on any atom is -0.344 e. The molecule has 2 saturated heterocycles. The molecule has 2 fully saturated rings. The number of rotatable bonds is 3. The summed E-state index contributed by atoms with van der Waals surface area (Å²) in [6.07, 6.45) is 8.72. The van der Waals surface area contributed by atoms with Crippen LogP contribution in [0.15, 0.2) is 30.6 Å². The Hall–Kier alpha value is -2.81. The molecule has 2 aliphatic heterocycles. The highest BCUT2D eigenvalue weighted by atomic mass is 16.2. The molecule has 1 amide bonds. The summed E-state index contributed by atoms with van der Waals surface area (Å²) in [6, 6.07) is 5.73. The summed E-state index contributed by atoms with van der Waals surface area (Å²) >= 11 is 0. The van der Waals surface area contributed by atoms with Crippen molar-refractivity contribution in [2.45, 2.75) is 44.1 Å². The first kappa shape index (κ1) is 18.2. The average molecular weight is 394 g/mol. The van der Waals surface area contributed by atoms with Crippen molar-refractivity contribution < 1.29 is 4.79 Å². The number of carbonyl (C=O) groups excluding carboxylic acids is 1. The predicted octanol–water partition coefficient (Wildman–Crippen LogP) is 1.50. The van der Waals surface area contributed by atoms with E-state index < -0.39 is 0 Å². The number of likely N-dealkylation sites (tertiary alicyclic amines) is 2. The normalized spacial score (nSPS) is 22.3. The van der Waals surface area contributed by atoms with Crippen LogP contribution in [-0.4, -0.2) is 78.0 Å². The van der Waals surface area contributed by atoms with Crippen LogP contribution in [0.4, 0.5) is 0 Å². The predicted molar refractivity (Wildman–Crippen MR) is 107 cm³/mol. The van der Waals surface area contributed by atoms with Gasteiger partial charge in [-0.15, -0.1) is 15.3 Å². The van der Waals surface area contributed by atoms with Gasteiger partial charge < -0.3 is 4.90 Å². The van der Waals surface area contributed by atoms with Crippen molar-refractivity contribution in [3.8, 4) is 5.82 Å². The molecule has 1 atom stereocenters. The minimum atomic E-state index is 0.0307. The number of hydrogen-bond donors (Lipinski definition) is 0. The molecule has 0 saturated carbocycles. The summed E-state index contributed by atoms with van der Waals surface area (Å²) in [4.78, 5) is 17.0. The Morgan fingerprint density at radius 2 is 1.90 bits per heavy atom. The molecule has 0 aromatic carbocycles. The van der Waals surface area contributed by atoms with Crippen LogP contribution in [0.3, 0.4) is 0 Å². The lowest BCUT2D eigenvalue weighted by molar-refractivity contribution is -0.135. The number of amides is 1. The summed E-state index contributed by atoms with van der Waals surface area (Å²) in [7, 11) is 1.93. The number of fused-ring (bicyclic) bond motifs is 1. The summed E-state index contributed by atoms with van der Waals surface area (Å²) < 4.78 is 3.59. The van der Waals surface area contributed by atoms with E-state index in [1.54, 1.807) is 10.9 Å². The van der Waals surface area contributed by atoms with Crippen LogP contribution in [-0.2, 0) is 4.79 Å². The smallest absolute Gasteiger partial charge is 0.239 e. The van der Waals surface area contributed by atoms with Gasteiger partial charge in [0, 0.05) is 31.9 Å². The molecular formula is C20H26N8O. The third-order valence-electron chi connectivity index (χ3n) is 6.23. The third-order valence-corrected chi connectivity index (χ3v) is 6.23. The summed E-state index contributed by atoms with van der Waals surface area (Å²) in [5, 5.41) is 17.7. The van der Waals surface area contributed by atoms with Crippen molar-refractivity contribution in [3.05, 3.63) is 36.4 Å². The van der Waals surface area contributed by atoms with Gasteiger partial charge in [-0.1, -0.05) is 0 Å². The highest BCUT2D eigenvalue weighted by molar-refractivity contribution is 5.81. The molecule has 29 heavy (non-hydrogen) atoms. The Bertz CT molecular complexity index is 989. The first-order valence-corrected chi connectivity index (χ1v) is 10.4. The molecule has 3 aromatic rings. The van der Waals surface area contributed by atoms with Crippen molar-refractivity contribution in [1.29, 1.82) is 0 Å². The number of nitrogens with zero attached hydrogens (tertiary/aromatic N) is 8. The van der Waals surface area contributed by atoms with Crippen LogP contribution < -0.4 is 0 Å². The van der Waals surface area contributed by atoms with E-state index in [1.807, 2.05) is 40.9 Å². The molecule has 152 valence electrons. The fourth-order valence-electron chi connectivity index (χ4n) is 4.56. The first-order chi connectivity index (χ1) is 14.2. The highest BCUT2D eigenvalue weighted by Gasteiger charge is 2.34. The van der Waals surface area contributed by atoms with Crippen LogP contribution in [0, 0.1) is 0 Å². The molecule has 5 heterocycles. The van der Waals surface area contributed by atoms with Gasteiger partial charge in [-0.3, -0.25) is 9.69 Å². The molecule has 3 aromatic heterocycles. The second-order valence-corrected chi connectivity index (χ2v) is 8.05. The largest absolute Gasteiger partial charge is 0.344 e. The molecule has 5 rings (SSSR count). The van der Waals surface area contributed by atoms with E-state index >= 15 is 0 Å². The fraction of sp³-hybridized carbons (Fsp3) is 0.550. The zero-order valence-corrected chi connectivity index (χ0v) is 16.7. The Balaban J connectivity index is 1.33. The number of aromatic nitrogens is 6. The molecular weight excluding hydrogens is 368 g/mol. The summed E-state index contributed by atoms with van der Waals surface area (Å²) in [5.74, 6) is 2.21. The number of likely N-dealkylation sites (N-methyl/N-ethyl adjacent to an activating group) is 1. The Morgan fingerprint density at radius 3 is 2.69 bits per heavy atom. The minimum absolute atomic E-state index is 0.0307. The monoisotopic (exact) mass is 394 g/mol. The van der Waals surface area contributed by atoms with E-state index in [0.29, 0.717) is 5.92 Å². The van der Waals surface area contributed by atoms with Crippen LogP contribution in [0.5, 0.6) is 0 Å². The second kappa shape index (κ2) is 7.55. The Morgan fingerprint density at radius 1 is 1.03 bits per heavy atom. The van der Waals surface area contributed by atoms with Crippen molar-refractivity contribution in [1.82, 2.24) is 39.4 Å². The highest BCUT2D eigenvalue weighted by Crippen LogP contribution is 2.29. The van der Waals surface area contributed by atoms with Crippen molar-refractivity contribution >= 4 is 11.6 Å². The maximum Gasteiger partial charge on any atom is 0.239 e. The van der Waals surface area contributed by atoms with Gasteiger partial charge >= 0.3 is 0 Å². The van der Waals surface area contributed by atoms with Crippen molar-refractivity contribution in [3.63, 3.8) is 0 Å². The molecule has 0 bridgehead atoms. The molecule has 9 heteroatoms. The van der Waals surface area contributed by atoms with Crippen LogP contribution in [0.1, 0.15) is 43.8 Å². The van der Waals surface area contributed by atoms with Gasteiger partial charge in [0.05, 0.1) is 6.04 Å². The van der Waals surface area contributed by atoms with Crippen molar-refractivity contribution in [2.24, 2.45) is 0 Å². The maximum absolute atomic E-state index is 12.7. The zero-order valence-electron chi connectivity index (χ0n) is 16.7. The van der Waals surface area contributed by atoms with Gasteiger partial charge in [0.25, 0.3) is 0 Å². The van der Waals surface area contributed by atoms with Gasteiger partial charge in [-0.25, -0.2) is 4.68 Å². The lowest BCUT2D eigenvalue weighted by atomic mass is 9.94. The lowest BCUT2D eigenvalue weighted by Gasteiger charge is -2.36. The van der Waals surface area contributed by atoms with Crippen LogP contribution in [0.2, 0.25) is 0 Å². The average Bonchev–Trinajstić information content (AvgIpc) is 3.40. The fourth-order valence-corrected chi connectivity index (χ4v) is 4.56. The Labute approximate surface area is 169 Å². The quantitative estimate of drug-likeness (QED) is 0.669. The molecule has 2 aliphatic rings. The van der Waals surface area contributed by atoms with Gasteiger partial charge in [0.1, 0.15) is 0 Å². The molecule has 0 spiro atoms. The molecule has 0 N–H and O–H groups in total. The van der Waals surface area contributed by atoms with E-state index in [1.165, 1.54) is 0 Å². The van der Waals surface area contributed by atoms with Crippen molar-refractivity contribution in [2.75, 3.05) is 26.7 Å². The van der Waals surface area contributed by atoms with E-state index in [2.05, 4.69) is 20.2 Å². The van der Waals surface area contributed by atoms with Gasteiger partial charge in [-0.2, -0.15) is 9.61 Å². The Kier molecular flexibility index (Phi) is 4.75. The van der Waals surface area contributed by atoms with E-state index in [9.17, 15) is 4.79 Å². The number of carbonyl (C=O) groups is 1. The zero-order chi connectivity index (χ0) is 19.8. The standard InChI is InChI=1S/C20H26N8O/c1-25-11-3-2-5-16(20(25)29)26-13-8-15(9-14-26)19-23-22-17-6-7-18(24-28(17)19)27-12-4-10-21-27/h4,6-7,10,12,15-16H,2-3,5,8-9,11,13-14H2,1H3.